The summed E-state index contributed by atoms with van der Waals surface area (Å²) < 4.78 is 2.98. The molecule has 1 saturated heterocycles. The first-order valence-electron chi connectivity index (χ1n) is 7.77. The number of aryl methyl sites for hydroxylation is 1. The van der Waals surface area contributed by atoms with E-state index >= 15 is 0 Å². The summed E-state index contributed by atoms with van der Waals surface area (Å²) in [5.74, 6) is 0. The summed E-state index contributed by atoms with van der Waals surface area (Å²) in [4.78, 5) is 5.85. The maximum absolute atomic E-state index is 6.03. The first-order valence-corrected chi connectivity index (χ1v) is 8.56. The molecule has 0 bridgehead atoms. The van der Waals surface area contributed by atoms with Gasteiger partial charge in [0.1, 0.15) is 0 Å². The van der Waals surface area contributed by atoms with Crippen LogP contribution in [0.2, 0.25) is 5.02 Å². The largest absolute Gasteiger partial charge is 0.331 e. The average molecular weight is 324 g/mol. The predicted molar refractivity (Wildman–Crippen MR) is 91.6 cm³/mol. The number of hydrogen-bond acceptors (Lipinski definition) is 2. The van der Waals surface area contributed by atoms with Crippen molar-refractivity contribution in [2.75, 3.05) is 13.1 Å². The Morgan fingerprint density at radius 1 is 1.33 bits per heavy atom. The van der Waals surface area contributed by atoms with Gasteiger partial charge in [-0.2, -0.15) is 0 Å². The highest BCUT2D eigenvalue weighted by Crippen LogP contribution is 2.20. The van der Waals surface area contributed by atoms with Crippen LogP contribution >= 0.6 is 23.8 Å². The minimum Gasteiger partial charge on any atom is -0.331 e. The summed E-state index contributed by atoms with van der Waals surface area (Å²) in [6, 6.07) is 6.65. The van der Waals surface area contributed by atoms with Crippen LogP contribution in [0, 0.1) is 4.77 Å². The number of nitrogens with one attached hydrogen (secondary N) is 1. The maximum atomic E-state index is 6.03. The van der Waals surface area contributed by atoms with Crippen LogP contribution in [0.15, 0.2) is 18.2 Å². The molecule has 0 radical (unpaired) electrons. The first kappa shape index (κ1) is 15.1. The number of aromatic amines is 1. The van der Waals surface area contributed by atoms with E-state index in [1.54, 1.807) is 0 Å². The minimum absolute atomic E-state index is 0.730. The number of fused-ring (bicyclic) bond motifs is 1. The Balaban J connectivity index is 1.68. The predicted octanol–water partition coefficient (Wildman–Crippen LogP) is 4.62. The highest BCUT2D eigenvalue weighted by atomic mass is 35.5. The quantitative estimate of drug-likeness (QED) is 0.830. The lowest BCUT2D eigenvalue weighted by molar-refractivity contribution is 0.157. The Morgan fingerprint density at radius 3 is 3.00 bits per heavy atom. The number of imidazole rings is 1. The fraction of sp³-hybridized carbons (Fsp3) is 0.562. The third-order valence-corrected chi connectivity index (χ3v) is 5.06. The standard InChI is InChI=1S/C16H22ClN3S/c1-12-5-2-3-8-19(12)9-4-10-20-15-7-6-13(17)11-14(15)18-16(20)21/h6-7,11-12H,2-5,8-10H2,1H3,(H,18,21). The van der Waals surface area contributed by atoms with E-state index in [0.29, 0.717) is 0 Å². The number of rotatable bonds is 4. The van der Waals surface area contributed by atoms with Crippen LogP contribution in [-0.4, -0.2) is 33.6 Å². The molecule has 114 valence electrons. The Kier molecular flexibility index (Phi) is 4.67. The normalized spacial score (nSPS) is 20.2. The lowest BCUT2D eigenvalue weighted by atomic mass is 10.0. The highest BCUT2D eigenvalue weighted by molar-refractivity contribution is 7.71. The van der Waals surface area contributed by atoms with Gasteiger partial charge in [0.15, 0.2) is 4.77 Å². The molecule has 1 atom stereocenters. The van der Waals surface area contributed by atoms with Crippen molar-refractivity contribution in [3.8, 4) is 0 Å². The second-order valence-corrected chi connectivity index (χ2v) is 6.80. The SMILES string of the molecule is CC1CCCCN1CCCn1c(=S)[nH]c2cc(Cl)ccc21. The van der Waals surface area contributed by atoms with E-state index in [9.17, 15) is 0 Å². The van der Waals surface area contributed by atoms with E-state index in [0.717, 1.165) is 46.4 Å². The van der Waals surface area contributed by atoms with E-state index in [-0.39, 0.29) is 0 Å². The molecule has 0 spiro atoms. The van der Waals surface area contributed by atoms with Gasteiger partial charge in [0.2, 0.25) is 0 Å². The monoisotopic (exact) mass is 323 g/mol. The third-order valence-electron chi connectivity index (χ3n) is 4.50. The molecule has 1 fully saturated rings. The van der Waals surface area contributed by atoms with Crippen LogP contribution in [0.5, 0.6) is 0 Å². The van der Waals surface area contributed by atoms with Crippen molar-refractivity contribution in [2.24, 2.45) is 0 Å². The van der Waals surface area contributed by atoms with Gasteiger partial charge in [-0.1, -0.05) is 18.0 Å². The van der Waals surface area contributed by atoms with Crippen molar-refractivity contribution < 1.29 is 0 Å². The van der Waals surface area contributed by atoms with E-state index in [4.69, 9.17) is 23.8 Å². The topological polar surface area (TPSA) is 24.0 Å². The van der Waals surface area contributed by atoms with Gasteiger partial charge in [-0.05, 0) is 63.1 Å². The third kappa shape index (κ3) is 3.33. The van der Waals surface area contributed by atoms with Crippen molar-refractivity contribution >= 4 is 34.9 Å². The fourth-order valence-corrected chi connectivity index (χ4v) is 3.75. The van der Waals surface area contributed by atoms with E-state index in [2.05, 4.69) is 21.4 Å². The Hall–Kier alpha value is -0.840. The molecule has 2 heterocycles. The van der Waals surface area contributed by atoms with Gasteiger partial charge >= 0.3 is 0 Å². The molecule has 1 aromatic heterocycles. The number of aromatic nitrogens is 2. The van der Waals surface area contributed by atoms with E-state index < -0.39 is 0 Å². The van der Waals surface area contributed by atoms with Gasteiger partial charge in [0.05, 0.1) is 11.0 Å². The molecule has 1 aliphatic rings. The molecule has 3 nitrogen and oxygen atoms in total. The van der Waals surface area contributed by atoms with Crippen molar-refractivity contribution in [1.82, 2.24) is 14.5 Å². The summed E-state index contributed by atoms with van der Waals surface area (Å²) in [6.07, 6.45) is 5.19. The van der Waals surface area contributed by atoms with Gasteiger partial charge in [0, 0.05) is 24.2 Å². The zero-order valence-electron chi connectivity index (χ0n) is 12.4. The molecule has 1 aromatic carbocycles. The minimum atomic E-state index is 0.730. The van der Waals surface area contributed by atoms with Gasteiger partial charge < -0.3 is 14.5 Å². The van der Waals surface area contributed by atoms with Crippen molar-refractivity contribution in [3.05, 3.63) is 28.0 Å². The number of halogens is 1. The smallest absolute Gasteiger partial charge is 0.178 e. The second kappa shape index (κ2) is 6.51. The number of H-pyrrole nitrogens is 1. The molecule has 0 amide bonds. The van der Waals surface area contributed by atoms with Crippen molar-refractivity contribution in [1.29, 1.82) is 0 Å². The molecule has 1 N–H and O–H groups in total. The summed E-state index contributed by atoms with van der Waals surface area (Å²) in [5, 5.41) is 0.744. The highest BCUT2D eigenvalue weighted by Gasteiger charge is 2.17. The maximum Gasteiger partial charge on any atom is 0.178 e. The van der Waals surface area contributed by atoms with E-state index in [1.165, 1.54) is 25.8 Å². The molecule has 1 aliphatic heterocycles. The number of likely N-dealkylation sites (tertiary alicyclic amines) is 1. The Labute approximate surface area is 135 Å². The van der Waals surface area contributed by atoms with Crippen LogP contribution < -0.4 is 0 Å². The van der Waals surface area contributed by atoms with Crippen LogP contribution in [0.3, 0.4) is 0 Å². The van der Waals surface area contributed by atoms with Crippen LogP contribution in [-0.2, 0) is 6.54 Å². The van der Waals surface area contributed by atoms with Crippen LogP contribution in [0.25, 0.3) is 11.0 Å². The molecular weight excluding hydrogens is 302 g/mol. The molecule has 3 rings (SSSR count). The summed E-state index contributed by atoms with van der Waals surface area (Å²) >= 11 is 11.5. The number of hydrogen-bond donors (Lipinski definition) is 1. The number of benzene rings is 1. The van der Waals surface area contributed by atoms with Gasteiger partial charge in [0.25, 0.3) is 0 Å². The summed E-state index contributed by atoms with van der Waals surface area (Å²) in [5.41, 5.74) is 2.18. The lowest BCUT2D eigenvalue weighted by Crippen LogP contribution is -2.38. The molecular formula is C16H22ClN3S. The van der Waals surface area contributed by atoms with Crippen molar-refractivity contribution in [3.63, 3.8) is 0 Å². The molecule has 2 aromatic rings. The summed E-state index contributed by atoms with van der Waals surface area (Å²) in [6.45, 7) is 5.71. The average Bonchev–Trinajstić information content (AvgIpc) is 2.76. The molecule has 0 aliphatic carbocycles. The second-order valence-electron chi connectivity index (χ2n) is 5.98. The van der Waals surface area contributed by atoms with Gasteiger partial charge in [-0.25, -0.2) is 0 Å². The number of nitrogens with zero attached hydrogens (tertiary/aromatic N) is 2. The number of piperidine rings is 1. The Bertz CT molecular complexity index is 676. The molecule has 0 saturated carbocycles. The van der Waals surface area contributed by atoms with Crippen LogP contribution in [0.4, 0.5) is 0 Å². The fourth-order valence-electron chi connectivity index (χ4n) is 3.28. The van der Waals surface area contributed by atoms with Gasteiger partial charge in [-0.15, -0.1) is 0 Å². The zero-order chi connectivity index (χ0) is 14.8. The first-order chi connectivity index (χ1) is 10.1. The van der Waals surface area contributed by atoms with E-state index in [1.807, 2.05) is 18.2 Å². The van der Waals surface area contributed by atoms with Crippen molar-refractivity contribution in [2.45, 2.75) is 45.2 Å². The summed E-state index contributed by atoms with van der Waals surface area (Å²) in [7, 11) is 0. The Morgan fingerprint density at radius 2 is 2.19 bits per heavy atom. The molecule has 21 heavy (non-hydrogen) atoms. The molecule has 1 unspecified atom stereocenters. The molecule has 5 heteroatoms. The van der Waals surface area contributed by atoms with Gasteiger partial charge in [-0.3, -0.25) is 0 Å². The van der Waals surface area contributed by atoms with Crippen LogP contribution in [0.1, 0.15) is 32.6 Å². The zero-order valence-corrected chi connectivity index (χ0v) is 14.0. The lowest BCUT2D eigenvalue weighted by Gasteiger charge is -2.33.